The van der Waals surface area contributed by atoms with Gasteiger partial charge in [0.25, 0.3) is 0 Å². The van der Waals surface area contributed by atoms with Gasteiger partial charge in [0.2, 0.25) is 5.91 Å². The van der Waals surface area contributed by atoms with E-state index in [0.717, 1.165) is 23.7 Å². The Kier molecular flexibility index (Phi) is 6.04. The van der Waals surface area contributed by atoms with E-state index in [2.05, 4.69) is 28.9 Å². The van der Waals surface area contributed by atoms with Gasteiger partial charge in [-0.2, -0.15) is 0 Å². The quantitative estimate of drug-likeness (QED) is 0.724. The van der Waals surface area contributed by atoms with E-state index in [9.17, 15) is 4.79 Å². The van der Waals surface area contributed by atoms with Gasteiger partial charge in [-0.1, -0.05) is 17.7 Å². The summed E-state index contributed by atoms with van der Waals surface area (Å²) >= 11 is 9.36. The number of amides is 1. The number of hydrogen-bond donors (Lipinski definition) is 2. The summed E-state index contributed by atoms with van der Waals surface area (Å²) in [6.45, 7) is 0.853. The van der Waals surface area contributed by atoms with Crippen molar-refractivity contribution < 1.29 is 4.79 Å². The van der Waals surface area contributed by atoms with Gasteiger partial charge in [0.1, 0.15) is 0 Å². The third kappa shape index (κ3) is 4.59. The maximum Gasteiger partial charge on any atom is 0.217 e. The first-order chi connectivity index (χ1) is 9.66. The van der Waals surface area contributed by atoms with Gasteiger partial charge in [-0.15, -0.1) is 22.7 Å². The van der Waals surface area contributed by atoms with Crippen LogP contribution in [0.4, 0.5) is 0 Å². The number of thiophene rings is 2. The number of hydrogen-bond acceptors (Lipinski definition) is 4. The maximum atomic E-state index is 10.7. The predicted molar refractivity (Wildman–Crippen MR) is 86.5 cm³/mol. The van der Waals surface area contributed by atoms with E-state index in [-0.39, 0.29) is 11.9 Å². The number of unbranched alkanes of at least 4 members (excludes halogenated alkanes) is 1. The lowest BCUT2D eigenvalue weighted by atomic mass is 10.2. The first kappa shape index (κ1) is 15.5. The zero-order valence-electron chi connectivity index (χ0n) is 11.0. The van der Waals surface area contributed by atoms with Crippen LogP contribution in [0.2, 0.25) is 4.34 Å². The smallest absolute Gasteiger partial charge is 0.217 e. The van der Waals surface area contributed by atoms with Gasteiger partial charge >= 0.3 is 0 Å². The molecule has 108 valence electrons. The largest absolute Gasteiger partial charge is 0.370 e. The molecule has 1 amide bonds. The van der Waals surface area contributed by atoms with Crippen LogP contribution in [0.1, 0.15) is 35.1 Å². The number of halogens is 1. The fourth-order valence-corrected chi connectivity index (χ4v) is 4.00. The van der Waals surface area contributed by atoms with Gasteiger partial charge in [-0.25, -0.2) is 0 Å². The van der Waals surface area contributed by atoms with Crippen LogP contribution in [0.15, 0.2) is 29.6 Å². The average molecular weight is 329 g/mol. The fraction of sp³-hybridized carbons (Fsp3) is 0.357. The number of carbonyl (C=O) groups is 1. The van der Waals surface area contributed by atoms with Crippen molar-refractivity contribution in [2.24, 2.45) is 5.73 Å². The predicted octanol–water partition coefficient (Wildman–Crippen LogP) is 3.80. The highest BCUT2D eigenvalue weighted by molar-refractivity contribution is 7.16. The molecule has 1 atom stereocenters. The van der Waals surface area contributed by atoms with E-state index in [1.54, 1.807) is 22.7 Å². The molecular weight excluding hydrogens is 312 g/mol. The second kappa shape index (κ2) is 7.78. The molecule has 0 bridgehead atoms. The van der Waals surface area contributed by atoms with E-state index in [4.69, 9.17) is 17.3 Å². The van der Waals surface area contributed by atoms with Crippen LogP contribution in [0, 0.1) is 0 Å². The van der Waals surface area contributed by atoms with Crippen molar-refractivity contribution in [3.05, 3.63) is 43.7 Å². The molecule has 3 nitrogen and oxygen atoms in total. The molecule has 0 radical (unpaired) electrons. The van der Waals surface area contributed by atoms with Crippen molar-refractivity contribution in [1.82, 2.24) is 5.32 Å². The van der Waals surface area contributed by atoms with Crippen molar-refractivity contribution in [3.63, 3.8) is 0 Å². The van der Waals surface area contributed by atoms with Gasteiger partial charge in [-0.05, 0) is 43.0 Å². The zero-order chi connectivity index (χ0) is 14.4. The van der Waals surface area contributed by atoms with E-state index < -0.39 is 0 Å². The molecule has 1 unspecified atom stereocenters. The third-order valence-electron chi connectivity index (χ3n) is 2.90. The van der Waals surface area contributed by atoms with Crippen LogP contribution in [-0.2, 0) is 4.79 Å². The van der Waals surface area contributed by atoms with E-state index >= 15 is 0 Å². The van der Waals surface area contributed by atoms with Gasteiger partial charge in [0.15, 0.2) is 0 Å². The lowest BCUT2D eigenvalue weighted by Gasteiger charge is -2.16. The van der Waals surface area contributed by atoms with Crippen LogP contribution in [-0.4, -0.2) is 12.5 Å². The first-order valence-electron chi connectivity index (χ1n) is 6.47. The Morgan fingerprint density at radius 2 is 2.15 bits per heavy atom. The van der Waals surface area contributed by atoms with Crippen molar-refractivity contribution in [3.8, 4) is 0 Å². The highest BCUT2D eigenvalue weighted by atomic mass is 35.5. The standard InChI is InChI=1S/C14H17ClN2OS2/c15-12-7-6-11(20-12)14(10-4-3-9-19-10)17-8-2-1-5-13(16)18/h3-4,6-7,9,14,17H,1-2,5,8H2,(H2,16,18). The number of nitrogens with one attached hydrogen (secondary N) is 1. The minimum absolute atomic E-state index is 0.182. The molecule has 0 aliphatic rings. The van der Waals surface area contributed by atoms with Crippen LogP contribution >= 0.6 is 34.3 Å². The number of nitrogens with two attached hydrogens (primary N) is 1. The number of carbonyl (C=O) groups excluding carboxylic acids is 1. The van der Waals surface area contributed by atoms with Gasteiger partial charge in [-0.3, -0.25) is 4.79 Å². The van der Waals surface area contributed by atoms with Crippen LogP contribution in [0.3, 0.4) is 0 Å². The number of primary amides is 1. The third-order valence-corrected chi connectivity index (χ3v) is 5.14. The summed E-state index contributed by atoms with van der Waals surface area (Å²) in [7, 11) is 0. The summed E-state index contributed by atoms with van der Waals surface area (Å²) in [4.78, 5) is 13.2. The van der Waals surface area contributed by atoms with Crippen molar-refractivity contribution in [1.29, 1.82) is 0 Å². The summed E-state index contributed by atoms with van der Waals surface area (Å²) in [5, 5.41) is 5.61. The second-order valence-corrected chi connectivity index (χ2v) is 7.19. The molecule has 3 N–H and O–H groups in total. The van der Waals surface area contributed by atoms with E-state index in [0.29, 0.717) is 6.42 Å². The fourth-order valence-electron chi connectivity index (χ4n) is 1.95. The maximum absolute atomic E-state index is 10.7. The van der Waals surface area contributed by atoms with Gasteiger partial charge in [0.05, 0.1) is 10.4 Å². The van der Waals surface area contributed by atoms with Crippen molar-refractivity contribution >= 4 is 40.2 Å². The Morgan fingerprint density at radius 3 is 2.75 bits per heavy atom. The van der Waals surface area contributed by atoms with Crippen LogP contribution in [0.5, 0.6) is 0 Å². The lowest BCUT2D eigenvalue weighted by Crippen LogP contribution is -2.22. The Bertz CT molecular complexity index is 539. The molecule has 0 aromatic carbocycles. The molecule has 0 fully saturated rings. The summed E-state index contributed by atoms with van der Waals surface area (Å²) in [5.41, 5.74) is 5.13. The normalized spacial score (nSPS) is 12.4. The molecular formula is C14H17ClN2OS2. The molecule has 2 aromatic heterocycles. The monoisotopic (exact) mass is 328 g/mol. The van der Waals surface area contributed by atoms with Crippen molar-refractivity contribution in [2.45, 2.75) is 25.3 Å². The van der Waals surface area contributed by atoms with Gasteiger partial charge in [0, 0.05) is 16.2 Å². The molecule has 6 heteroatoms. The van der Waals surface area contributed by atoms with E-state index in [1.165, 1.54) is 9.75 Å². The molecule has 0 aliphatic heterocycles. The zero-order valence-corrected chi connectivity index (χ0v) is 13.4. The molecule has 0 spiro atoms. The Balaban J connectivity index is 1.93. The second-order valence-electron chi connectivity index (χ2n) is 4.47. The summed E-state index contributed by atoms with van der Waals surface area (Å²) < 4.78 is 0.803. The Hall–Kier alpha value is -0.880. The van der Waals surface area contributed by atoms with Crippen LogP contribution < -0.4 is 11.1 Å². The summed E-state index contributed by atoms with van der Waals surface area (Å²) in [5.74, 6) is -0.232. The molecule has 2 rings (SSSR count). The van der Waals surface area contributed by atoms with Gasteiger partial charge < -0.3 is 11.1 Å². The minimum atomic E-state index is -0.232. The number of rotatable bonds is 8. The molecule has 0 aliphatic carbocycles. The Labute approximate surface area is 131 Å². The van der Waals surface area contributed by atoms with Crippen LogP contribution in [0.25, 0.3) is 0 Å². The molecule has 0 saturated heterocycles. The molecule has 2 aromatic rings. The highest BCUT2D eigenvalue weighted by Gasteiger charge is 2.16. The minimum Gasteiger partial charge on any atom is -0.370 e. The summed E-state index contributed by atoms with van der Waals surface area (Å²) in [6, 6.07) is 8.35. The van der Waals surface area contributed by atoms with E-state index in [1.807, 2.05) is 6.07 Å². The Morgan fingerprint density at radius 1 is 1.30 bits per heavy atom. The molecule has 20 heavy (non-hydrogen) atoms. The molecule has 2 heterocycles. The lowest BCUT2D eigenvalue weighted by molar-refractivity contribution is -0.118. The summed E-state index contributed by atoms with van der Waals surface area (Å²) in [6.07, 6.45) is 2.21. The molecule has 0 saturated carbocycles. The SMILES string of the molecule is NC(=O)CCCCNC(c1cccs1)c1ccc(Cl)s1. The highest BCUT2D eigenvalue weighted by Crippen LogP contribution is 2.32. The van der Waals surface area contributed by atoms with Crippen molar-refractivity contribution in [2.75, 3.05) is 6.54 Å². The average Bonchev–Trinajstić information content (AvgIpc) is 3.05. The first-order valence-corrected chi connectivity index (χ1v) is 8.54. The topological polar surface area (TPSA) is 55.1 Å².